The summed E-state index contributed by atoms with van der Waals surface area (Å²) in [6.07, 6.45) is 1.16. The molecule has 0 aliphatic carbocycles. The number of carbonyl (C=O) groups excluding carboxylic acids is 3. The molecule has 0 fully saturated rings. The molecule has 0 radical (unpaired) electrons. The molecule has 196 valence electrons. The van der Waals surface area contributed by atoms with E-state index in [1.54, 1.807) is 26.8 Å². The van der Waals surface area contributed by atoms with E-state index in [0.717, 1.165) is 5.39 Å². The number of amides is 1. The monoisotopic (exact) mass is 499 g/mol. The molecule has 36 heavy (non-hydrogen) atoms. The normalized spacial score (nSPS) is 16.2. The minimum Gasteiger partial charge on any atom is -0.487 e. The highest BCUT2D eigenvalue weighted by Crippen LogP contribution is 2.50. The predicted octanol–water partition coefficient (Wildman–Crippen LogP) is 5.71. The molecule has 8 heteroatoms. The number of hydrogen-bond acceptors (Lipinski definition) is 7. The molecular formula is C28H37NO7. The first-order valence-electron chi connectivity index (χ1n) is 12.4. The van der Waals surface area contributed by atoms with E-state index in [2.05, 4.69) is 5.32 Å². The van der Waals surface area contributed by atoms with Crippen molar-refractivity contribution < 1.29 is 33.3 Å². The summed E-state index contributed by atoms with van der Waals surface area (Å²) in [6, 6.07) is 6.38. The first-order valence-corrected chi connectivity index (χ1v) is 12.4. The van der Waals surface area contributed by atoms with E-state index in [1.165, 1.54) is 6.92 Å². The quantitative estimate of drug-likeness (QED) is 0.401. The predicted molar refractivity (Wildman–Crippen MR) is 137 cm³/mol. The number of ether oxygens (including phenoxy) is 4. The van der Waals surface area contributed by atoms with Crippen molar-refractivity contribution in [3.63, 3.8) is 0 Å². The molecule has 2 aromatic carbocycles. The summed E-state index contributed by atoms with van der Waals surface area (Å²) in [5.41, 5.74) is -0.453. The Labute approximate surface area is 212 Å². The Bertz CT molecular complexity index is 1160. The van der Waals surface area contributed by atoms with Crippen LogP contribution in [0.2, 0.25) is 0 Å². The van der Waals surface area contributed by atoms with Gasteiger partial charge in [0, 0.05) is 23.3 Å². The third-order valence-electron chi connectivity index (χ3n) is 6.11. The number of hydrogen-bond donors (Lipinski definition) is 1. The highest BCUT2D eigenvalue weighted by molar-refractivity contribution is 6.00. The molecule has 8 nitrogen and oxygen atoms in total. The van der Waals surface area contributed by atoms with Crippen LogP contribution in [0.1, 0.15) is 73.8 Å². The second-order valence-electron chi connectivity index (χ2n) is 10.9. The molecule has 1 aliphatic heterocycles. The van der Waals surface area contributed by atoms with E-state index < -0.39 is 35.3 Å². The molecule has 2 atom stereocenters. The Morgan fingerprint density at radius 2 is 1.72 bits per heavy atom. The molecular weight excluding hydrogens is 462 g/mol. The molecule has 1 aliphatic rings. The van der Waals surface area contributed by atoms with Crippen molar-refractivity contribution in [2.45, 2.75) is 91.9 Å². The summed E-state index contributed by atoms with van der Waals surface area (Å²) in [5.74, 6) is -0.545. The number of fused-ring (bicyclic) bond motifs is 3. The van der Waals surface area contributed by atoms with Crippen molar-refractivity contribution in [3.8, 4) is 17.2 Å². The molecule has 2 aromatic rings. The Morgan fingerprint density at radius 3 is 2.31 bits per heavy atom. The van der Waals surface area contributed by atoms with Crippen molar-refractivity contribution in [2.24, 2.45) is 5.92 Å². The Morgan fingerprint density at radius 1 is 1.08 bits per heavy atom. The van der Waals surface area contributed by atoms with Crippen LogP contribution in [-0.4, -0.2) is 35.3 Å². The average Bonchev–Trinajstić information content (AvgIpc) is 2.77. The van der Waals surface area contributed by atoms with Gasteiger partial charge in [-0.25, -0.2) is 9.59 Å². The van der Waals surface area contributed by atoms with Crippen LogP contribution in [0.5, 0.6) is 17.2 Å². The number of carbonyl (C=O) groups is 3. The van der Waals surface area contributed by atoms with Gasteiger partial charge in [-0.2, -0.15) is 0 Å². The number of benzene rings is 2. The first kappa shape index (κ1) is 27.3. The van der Waals surface area contributed by atoms with Gasteiger partial charge >= 0.3 is 18.0 Å². The van der Waals surface area contributed by atoms with E-state index in [9.17, 15) is 14.4 Å². The van der Waals surface area contributed by atoms with Crippen molar-refractivity contribution in [1.29, 1.82) is 0 Å². The summed E-state index contributed by atoms with van der Waals surface area (Å²) in [4.78, 5) is 38.1. The second-order valence-corrected chi connectivity index (χ2v) is 10.9. The maximum absolute atomic E-state index is 13.5. The molecule has 1 N–H and O–H groups in total. The number of rotatable bonds is 6. The molecule has 1 amide bonds. The van der Waals surface area contributed by atoms with Crippen molar-refractivity contribution >= 4 is 28.8 Å². The van der Waals surface area contributed by atoms with Crippen molar-refractivity contribution in [3.05, 3.63) is 29.8 Å². The maximum Gasteiger partial charge on any atom is 0.408 e. The zero-order chi connectivity index (χ0) is 26.8. The van der Waals surface area contributed by atoms with Gasteiger partial charge in [0.25, 0.3) is 0 Å². The van der Waals surface area contributed by atoms with Gasteiger partial charge < -0.3 is 24.3 Å². The van der Waals surface area contributed by atoms with Gasteiger partial charge in [-0.05, 0) is 53.4 Å². The van der Waals surface area contributed by atoms with Gasteiger partial charge in [0.2, 0.25) is 0 Å². The summed E-state index contributed by atoms with van der Waals surface area (Å²) in [5, 5.41) is 3.98. The molecule has 0 spiro atoms. The SMILES string of the molecule is CC[C@H](C)[C@H](NC(=O)OC(C)(C)C)C(=O)Oc1c(OC(C)=O)c2c(c3ccccc13)OC(C)(C)CC2. The average molecular weight is 500 g/mol. The maximum atomic E-state index is 13.5. The highest BCUT2D eigenvalue weighted by atomic mass is 16.6. The highest BCUT2D eigenvalue weighted by Gasteiger charge is 2.36. The largest absolute Gasteiger partial charge is 0.487 e. The molecule has 0 unspecified atom stereocenters. The Balaban J connectivity index is 2.09. The smallest absolute Gasteiger partial charge is 0.408 e. The molecule has 0 saturated heterocycles. The topological polar surface area (TPSA) is 100 Å². The molecule has 3 rings (SSSR count). The van der Waals surface area contributed by atoms with Crippen LogP contribution in [0.15, 0.2) is 24.3 Å². The van der Waals surface area contributed by atoms with Crippen molar-refractivity contribution in [2.75, 3.05) is 0 Å². The molecule has 0 bridgehead atoms. The molecule has 0 aromatic heterocycles. The van der Waals surface area contributed by atoms with Crippen LogP contribution in [0.4, 0.5) is 4.79 Å². The number of esters is 2. The third kappa shape index (κ3) is 6.28. The van der Waals surface area contributed by atoms with E-state index in [1.807, 2.05) is 45.9 Å². The van der Waals surface area contributed by atoms with Crippen molar-refractivity contribution in [1.82, 2.24) is 5.32 Å². The van der Waals surface area contributed by atoms with Gasteiger partial charge in [0.05, 0.1) is 0 Å². The second kappa shape index (κ2) is 10.4. The summed E-state index contributed by atoms with van der Waals surface area (Å²) in [6.45, 7) is 14.3. The van der Waals surface area contributed by atoms with Crippen LogP contribution in [0.3, 0.4) is 0 Å². The van der Waals surface area contributed by atoms with Crippen LogP contribution in [0, 0.1) is 5.92 Å². The molecule has 1 heterocycles. The lowest BCUT2D eigenvalue weighted by atomic mass is 9.91. The van der Waals surface area contributed by atoms with E-state index in [4.69, 9.17) is 18.9 Å². The Kier molecular flexibility index (Phi) is 7.86. The van der Waals surface area contributed by atoms with E-state index in [0.29, 0.717) is 36.0 Å². The lowest BCUT2D eigenvalue weighted by Gasteiger charge is -2.34. The van der Waals surface area contributed by atoms with E-state index >= 15 is 0 Å². The van der Waals surface area contributed by atoms with Crippen LogP contribution < -0.4 is 19.5 Å². The first-order chi connectivity index (χ1) is 16.7. The summed E-state index contributed by atoms with van der Waals surface area (Å²) >= 11 is 0. The fraction of sp³-hybridized carbons (Fsp3) is 0.536. The Hall–Kier alpha value is -3.29. The van der Waals surface area contributed by atoms with Crippen LogP contribution >= 0.6 is 0 Å². The molecule has 0 saturated carbocycles. The zero-order valence-electron chi connectivity index (χ0n) is 22.4. The lowest BCUT2D eigenvalue weighted by Crippen LogP contribution is -2.48. The summed E-state index contributed by atoms with van der Waals surface area (Å²) < 4.78 is 23.2. The van der Waals surface area contributed by atoms with Gasteiger partial charge in [-0.1, -0.05) is 44.5 Å². The minimum atomic E-state index is -0.972. The van der Waals surface area contributed by atoms with Gasteiger partial charge in [-0.3, -0.25) is 4.79 Å². The third-order valence-corrected chi connectivity index (χ3v) is 6.11. The zero-order valence-corrected chi connectivity index (χ0v) is 22.4. The lowest BCUT2D eigenvalue weighted by molar-refractivity contribution is -0.139. The van der Waals surface area contributed by atoms with Gasteiger partial charge in [0.1, 0.15) is 23.0 Å². The standard InChI is InChI=1S/C28H37NO7/c1-9-16(2)21(29-26(32)36-27(4,5)6)25(31)34-23-19-13-11-10-12-18(19)22-20(24(23)33-17(3)30)14-15-28(7,8)35-22/h10-13,16,21H,9,14-15H2,1-8H3,(H,29,32)/t16-,21-/m0/s1. The van der Waals surface area contributed by atoms with Gasteiger partial charge in [0.15, 0.2) is 11.5 Å². The van der Waals surface area contributed by atoms with Crippen LogP contribution in [0.25, 0.3) is 10.8 Å². The van der Waals surface area contributed by atoms with E-state index in [-0.39, 0.29) is 17.4 Å². The van der Waals surface area contributed by atoms with Gasteiger partial charge in [-0.15, -0.1) is 0 Å². The summed E-state index contributed by atoms with van der Waals surface area (Å²) in [7, 11) is 0. The fourth-order valence-electron chi connectivity index (χ4n) is 4.12. The van der Waals surface area contributed by atoms with Crippen LogP contribution in [-0.2, 0) is 20.7 Å². The number of alkyl carbamates (subject to hydrolysis) is 1. The minimum absolute atomic E-state index is 0.132. The number of nitrogens with one attached hydrogen (secondary N) is 1. The fourth-order valence-corrected chi connectivity index (χ4v) is 4.12.